The van der Waals surface area contributed by atoms with E-state index < -0.39 is 5.60 Å². The Morgan fingerprint density at radius 3 is 2.64 bits per heavy atom. The lowest BCUT2D eigenvalue weighted by molar-refractivity contribution is -0.219. The summed E-state index contributed by atoms with van der Waals surface area (Å²) < 4.78 is 5.19. The third kappa shape index (κ3) is 2.33. The first kappa shape index (κ1) is 19.1. The summed E-state index contributed by atoms with van der Waals surface area (Å²) in [6.07, 6.45) is 9.47. The summed E-state index contributed by atoms with van der Waals surface area (Å²) in [7, 11) is 0. The van der Waals surface area contributed by atoms with Crippen molar-refractivity contribution in [3.05, 3.63) is 11.6 Å². The maximum atomic E-state index is 12.1. The van der Waals surface area contributed by atoms with Gasteiger partial charge in [0.2, 0.25) is 0 Å². The largest absolute Gasteiger partial charge is 0.458 e. The van der Waals surface area contributed by atoms with Crippen LogP contribution in [0.5, 0.6) is 0 Å². The van der Waals surface area contributed by atoms with Crippen molar-refractivity contribution in [3.8, 4) is 0 Å². The summed E-state index contributed by atoms with van der Waals surface area (Å²) in [5.74, 6) is 0.866. The van der Waals surface area contributed by atoms with Crippen LogP contribution in [-0.4, -0.2) is 46.2 Å². The van der Waals surface area contributed by atoms with Crippen LogP contribution in [0.4, 0.5) is 0 Å². The van der Waals surface area contributed by atoms with E-state index in [2.05, 4.69) is 6.92 Å². The van der Waals surface area contributed by atoms with E-state index >= 15 is 0 Å². The SMILES string of the molecule is C[C@]12CCC3C(CCC4C[C@@H](O)CC[C@@]43CO)C1(O)CCC2C1=CC(=O)OC1. The number of fused-ring (bicyclic) bond motifs is 5. The van der Waals surface area contributed by atoms with E-state index in [1.807, 2.05) is 0 Å². The smallest absolute Gasteiger partial charge is 0.331 e. The molecule has 0 spiro atoms. The van der Waals surface area contributed by atoms with E-state index in [1.165, 1.54) is 0 Å². The number of cyclic esters (lactones) is 1. The molecule has 8 atom stereocenters. The van der Waals surface area contributed by atoms with Crippen molar-refractivity contribution < 1.29 is 24.9 Å². The first-order valence-corrected chi connectivity index (χ1v) is 11.2. The molecule has 156 valence electrons. The zero-order chi connectivity index (χ0) is 19.7. The van der Waals surface area contributed by atoms with Crippen molar-refractivity contribution in [1.29, 1.82) is 0 Å². The lowest BCUT2D eigenvalue weighted by atomic mass is 9.43. The van der Waals surface area contributed by atoms with Gasteiger partial charge in [0.1, 0.15) is 6.61 Å². The van der Waals surface area contributed by atoms with Gasteiger partial charge in [0, 0.05) is 18.1 Å². The van der Waals surface area contributed by atoms with Crippen LogP contribution in [0.2, 0.25) is 0 Å². The second-order valence-corrected chi connectivity index (χ2v) is 10.6. The number of hydrogen-bond donors (Lipinski definition) is 3. The molecule has 5 nitrogen and oxygen atoms in total. The fourth-order valence-corrected chi connectivity index (χ4v) is 8.49. The van der Waals surface area contributed by atoms with Gasteiger partial charge in [-0.2, -0.15) is 0 Å². The quantitative estimate of drug-likeness (QED) is 0.631. The average molecular weight is 391 g/mol. The van der Waals surface area contributed by atoms with Gasteiger partial charge >= 0.3 is 5.97 Å². The van der Waals surface area contributed by atoms with Crippen LogP contribution in [0.1, 0.15) is 64.7 Å². The summed E-state index contributed by atoms with van der Waals surface area (Å²) in [6, 6.07) is 0. The van der Waals surface area contributed by atoms with Crippen molar-refractivity contribution in [2.24, 2.45) is 34.5 Å². The minimum Gasteiger partial charge on any atom is -0.458 e. The predicted molar refractivity (Wildman–Crippen MR) is 103 cm³/mol. The molecule has 5 aliphatic rings. The highest BCUT2D eigenvalue weighted by molar-refractivity contribution is 5.85. The summed E-state index contributed by atoms with van der Waals surface area (Å²) in [5, 5.41) is 32.8. The Bertz CT molecular complexity index is 703. The Labute approximate surface area is 167 Å². The Hall–Kier alpha value is -0.910. The Kier molecular flexibility index (Phi) is 4.29. The van der Waals surface area contributed by atoms with Crippen LogP contribution in [0, 0.1) is 34.5 Å². The van der Waals surface area contributed by atoms with Crippen molar-refractivity contribution in [3.63, 3.8) is 0 Å². The topological polar surface area (TPSA) is 87.0 Å². The molecule has 0 aromatic heterocycles. The molecule has 5 rings (SSSR count). The normalized spacial score (nSPS) is 53.1. The fourth-order valence-electron chi connectivity index (χ4n) is 8.49. The van der Waals surface area contributed by atoms with Gasteiger partial charge in [0.05, 0.1) is 11.7 Å². The van der Waals surface area contributed by atoms with Gasteiger partial charge in [0.25, 0.3) is 0 Å². The number of hydrogen-bond acceptors (Lipinski definition) is 5. The van der Waals surface area contributed by atoms with Crippen LogP contribution < -0.4 is 0 Å². The molecule has 0 radical (unpaired) electrons. The number of aliphatic hydroxyl groups excluding tert-OH is 2. The second-order valence-electron chi connectivity index (χ2n) is 10.6. The molecule has 4 saturated carbocycles. The number of ether oxygens (including phenoxy) is 1. The number of carbonyl (C=O) groups excluding carboxylic acids is 1. The van der Waals surface area contributed by atoms with Crippen LogP contribution in [0.3, 0.4) is 0 Å². The molecule has 0 aromatic carbocycles. The number of carbonyl (C=O) groups is 1. The molecular weight excluding hydrogens is 356 g/mol. The monoisotopic (exact) mass is 390 g/mol. The molecule has 0 bridgehead atoms. The summed E-state index contributed by atoms with van der Waals surface area (Å²) >= 11 is 0. The highest BCUT2D eigenvalue weighted by Crippen LogP contribution is 2.69. The van der Waals surface area contributed by atoms with Crippen molar-refractivity contribution in [2.45, 2.75) is 76.4 Å². The maximum absolute atomic E-state index is 12.1. The summed E-state index contributed by atoms with van der Waals surface area (Å²) in [6.45, 7) is 2.78. The molecular formula is C23H34O5. The lowest BCUT2D eigenvalue weighted by Gasteiger charge is -2.64. The fraction of sp³-hybridized carbons (Fsp3) is 0.870. The van der Waals surface area contributed by atoms with Gasteiger partial charge in [-0.15, -0.1) is 0 Å². The first-order valence-electron chi connectivity index (χ1n) is 11.2. The van der Waals surface area contributed by atoms with Crippen molar-refractivity contribution in [1.82, 2.24) is 0 Å². The molecule has 1 heterocycles. The highest BCUT2D eigenvalue weighted by Gasteiger charge is 2.68. The number of rotatable bonds is 2. The van der Waals surface area contributed by atoms with Gasteiger partial charge in [-0.25, -0.2) is 4.79 Å². The van der Waals surface area contributed by atoms with E-state index in [9.17, 15) is 20.1 Å². The number of aliphatic hydroxyl groups is 3. The molecule has 0 amide bonds. The predicted octanol–water partition coefficient (Wildman–Crippen LogP) is 2.58. The van der Waals surface area contributed by atoms with Crippen LogP contribution in [0.25, 0.3) is 0 Å². The van der Waals surface area contributed by atoms with Gasteiger partial charge in [-0.1, -0.05) is 6.92 Å². The van der Waals surface area contributed by atoms with E-state index in [0.717, 1.165) is 63.4 Å². The Morgan fingerprint density at radius 2 is 1.93 bits per heavy atom. The standard InChI is InChI=1S/C23H34O5/c1-21-7-5-18-19(3-2-15-11-16(25)4-8-22(15,18)13-24)23(21,27)9-6-17(21)14-10-20(26)28-12-14/h10,15-19,24-25,27H,2-9,11-13H2,1H3/t15?,16-,17?,18?,19?,21+,22+,23?/m0/s1. The maximum Gasteiger partial charge on any atom is 0.331 e. The third-order valence-corrected chi connectivity index (χ3v) is 9.95. The van der Waals surface area contributed by atoms with Crippen LogP contribution in [0.15, 0.2) is 11.6 Å². The Morgan fingerprint density at radius 1 is 1.11 bits per heavy atom. The third-order valence-electron chi connectivity index (χ3n) is 9.95. The minimum atomic E-state index is -0.740. The Balaban J connectivity index is 1.48. The van der Waals surface area contributed by atoms with E-state index in [4.69, 9.17) is 4.74 Å². The van der Waals surface area contributed by atoms with E-state index in [0.29, 0.717) is 18.4 Å². The summed E-state index contributed by atoms with van der Waals surface area (Å²) in [5.41, 5.74) is -0.0431. The van der Waals surface area contributed by atoms with Crippen LogP contribution >= 0.6 is 0 Å². The molecule has 4 fully saturated rings. The molecule has 5 heteroatoms. The molecule has 5 unspecified atom stereocenters. The molecule has 4 aliphatic carbocycles. The van der Waals surface area contributed by atoms with E-state index in [-0.39, 0.29) is 41.3 Å². The zero-order valence-corrected chi connectivity index (χ0v) is 16.9. The molecule has 0 aromatic rings. The first-order chi connectivity index (χ1) is 13.3. The average Bonchev–Trinajstić information content (AvgIpc) is 3.22. The second kappa shape index (κ2) is 6.29. The highest BCUT2D eigenvalue weighted by atomic mass is 16.5. The molecule has 28 heavy (non-hydrogen) atoms. The molecule has 3 N–H and O–H groups in total. The lowest BCUT2D eigenvalue weighted by Crippen LogP contribution is -2.63. The van der Waals surface area contributed by atoms with Gasteiger partial charge in [-0.3, -0.25) is 0 Å². The minimum absolute atomic E-state index is 0.136. The van der Waals surface area contributed by atoms with Crippen LogP contribution in [-0.2, 0) is 9.53 Å². The van der Waals surface area contributed by atoms with E-state index in [1.54, 1.807) is 6.08 Å². The van der Waals surface area contributed by atoms with Crippen molar-refractivity contribution in [2.75, 3.05) is 13.2 Å². The van der Waals surface area contributed by atoms with Crippen molar-refractivity contribution >= 4 is 5.97 Å². The van der Waals surface area contributed by atoms with Gasteiger partial charge in [0.15, 0.2) is 0 Å². The number of esters is 1. The zero-order valence-electron chi connectivity index (χ0n) is 16.9. The van der Waals surface area contributed by atoms with Gasteiger partial charge < -0.3 is 20.1 Å². The molecule has 1 aliphatic heterocycles. The molecule has 0 saturated heterocycles. The van der Waals surface area contributed by atoms with Gasteiger partial charge in [-0.05, 0) is 92.4 Å². The summed E-state index contributed by atoms with van der Waals surface area (Å²) in [4.78, 5) is 11.6.